The molecule has 1 saturated heterocycles. The highest BCUT2D eigenvalue weighted by Gasteiger charge is 2.18. The van der Waals surface area contributed by atoms with Crippen molar-refractivity contribution in [3.05, 3.63) is 29.8 Å². The molecule has 0 saturated carbocycles. The zero-order valence-corrected chi connectivity index (χ0v) is 12.7. The summed E-state index contributed by atoms with van der Waals surface area (Å²) in [6.07, 6.45) is 4.86. The van der Waals surface area contributed by atoms with Crippen LogP contribution in [0.3, 0.4) is 0 Å². The summed E-state index contributed by atoms with van der Waals surface area (Å²) >= 11 is 0. The van der Waals surface area contributed by atoms with Crippen molar-refractivity contribution in [1.29, 1.82) is 0 Å². The molecule has 1 aliphatic rings. The van der Waals surface area contributed by atoms with Gasteiger partial charge in [0.1, 0.15) is 5.75 Å². The fourth-order valence-electron chi connectivity index (χ4n) is 2.77. The lowest BCUT2D eigenvalue weighted by molar-refractivity contribution is 0.171. The van der Waals surface area contributed by atoms with Crippen molar-refractivity contribution in [2.75, 3.05) is 26.2 Å². The van der Waals surface area contributed by atoms with Gasteiger partial charge in [-0.1, -0.05) is 25.5 Å². The molecule has 0 amide bonds. The van der Waals surface area contributed by atoms with Gasteiger partial charge < -0.3 is 10.5 Å². The SMILES string of the molecule is CCCCOc1ccc(CN2CCCC(CN)C2)cc1. The quantitative estimate of drug-likeness (QED) is 0.778. The Labute approximate surface area is 123 Å². The topological polar surface area (TPSA) is 38.5 Å². The van der Waals surface area contributed by atoms with Gasteiger partial charge >= 0.3 is 0 Å². The third kappa shape index (κ3) is 4.80. The lowest BCUT2D eigenvalue weighted by Crippen LogP contribution is -2.37. The predicted molar refractivity (Wildman–Crippen MR) is 83.9 cm³/mol. The molecule has 1 fully saturated rings. The van der Waals surface area contributed by atoms with Crippen molar-refractivity contribution >= 4 is 0 Å². The number of nitrogens with zero attached hydrogens (tertiary/aromatic N) is 1. The normalized spacial score (nSPS) is 20.0. The molecule has 2 rings (SSSR count). The van der Waals surface area contributed by atoms with Crippen LogP contribution in [0.4, 0.5) is 0 Å². The second kappa shape index (κ2) is 8.28. The Hall–Kier alpha value is -1.06. The molecule has 1 heterocycles. The number of benzene rings is 1. The molecule has 1 atom stereocenters. The minimum atomic E-state index is 0.681. The van der Waals surface area contributed by atoms with Gasteiger partial charge in [-0.15, -0.1) is 0 Å². The number of hydrogen-bond donors (Lipinski definition) is 1. The largest absolute Gasteiger partial charge is 0.494 e. The van der Waals surface area contributed by atoms with E-state index in [1.54, 1.807) is 0 Å². The summed E-state index contributed by atoms with van der Waals surface area (Å²) in [5, 5.41) is 0. The first-order chi connectivity index (χ1) is 9.81. The van der Waals surface area contributed by atoms with Gasteiger partial charge in [-0.05, 0) is 56.0 Å². The average Bonchev–Trinajstić information content (AvgIpc) is 2.49. The third-order valence-corrected chi connectivity index (χ3v) is 4.03. The van der Waals surface area contributed by atoms with Crippen LogP contribution in [-0.2, 0) is 6.54 Å². The maximum atomic E-state index is 5.79. The predicted octanol–water partition coefficient (Wildman–Crippen LogP) is 3.04. The molecule has 0 spiro atoms. The van der Waals surface area contributed by atoms with Crippen LogP contribution in [0.25, 0.3) is 0 Å². The van der Waals surface area contributed by atoms with E-state index in [0.29, 0.717) is 5.92 Å². The third-order valence-electron chi connectivity index (χ3n) is 4.03. The van der Waals surface area contributed by atoms with Gasteiger partial charge in [-0.25, -0.2) is 0 Å². The highest BCUT2D eigenvalue weighted by Crippen LogP contribution is 2.19. The van der Waals surface area contributed by atoms with E-state index in [2.05, 4.69) is 36.1 Å². The fraction of sp³-hybridized carbons (Fsp3) is 0.647. The average molecular weight is 276 g/mol. The van der Waals surface area contributed by atoms with E-state index in [1.807, 2.05) is 0 Å². The number of piperidine rings is 1. The Balaban J connectivity index is 1.80. The van der Waals surface area contributed by atoms with Crippen molar-refractivity contribution in [1.82, 2.24) is 4.90 Å². The van der Waals surface area contributed by atoms with Gasteiger partial charge in [-0.2, -0.15) is 0 Å². The van der Waals surface area contributed by atoms with Gasteiger partial charge in [0.05, 0.1) is 6.61 Å². The number of unbranched alkanes of at least 4 members (excludes halogenated alkanes) is 1. The van der Waals surface area contributed by atoms with Crippen molar-refractivity contribution in [3.63, 3.8) is 0 Å². The van der Waals surface area contributed by atoms with E-state index in [-0.39, 0.29) is 0 Å². The molecule has 0 bridgehead atoms. The van der Waals surface area contributed by atoms with Gasteiger partial charge in [0.25, 0.3) is 0 Å². The zero-order valence-electron chi connectivity index (χ0n) is 12.7. The van der Waals surface area contributed by atoms with Crippen LogP contribution in [0.5, 0.6) is 5.75 Å². The highest BCUT2D eigenvalue weighted by atomic mass is 16.5. The van der Waals surface area contributed by atoms with Crippen molar-refractivity contribution in [2.24, 2.45) is 11.7 Å². The summed E-state index contributed by atoms with van der Waals surface area (Å²) in [5.74, 6) is 1.67. The molecule has 1 unspecified atom stereocenters. The molecule has 1 aliphatic heterocycles. The summed E-state index contributed by atoms with van der Waals surface area (Å²) in [7, 11) is 0. The second-order valence-electron chi connectivity index (χ2n) is 5.83. The lowest BCUT2D eigenvalue weighted by Gasteiger charge is -2.32. The zero-order chi connectivity index (χ0) is 14.2. The molecule has 2 N–H and O–H groups in total. The Morgan fingerprint density at radius 3 is 2.80 bits per heavy atom. The first-order valence-electron chi connectivity index (χ1n) is 7.96. The standard InChI is InChI=1S/C17H28N2O/c1-2-3-11-20-17-8-6-15(7-9-17)13-19-10-4-5-16(12-18)14-19/h6-9,16H,2-5,10-14,18H2,1H3. The van der Waals surface area contributed by atoms with Crippen LogP contribution in [0, 0.1) is 5.92 Å². The van der Waals surface area contributed by atoms with E-state index >= 15 is 0 Å². The fourth-order valence-corrected chi connectivity index (χ4v) is 2.77. The van der Waals surface area contributed by atoms with Gasteiger partial charge in [0.15, 0.2) is 0 Å². The van der Waals surface area contributed by atoms with Crippen LogP contribution in [0.1, 0.15) is 38.2 Å². The highest BCUT2D eigenvalue weighted by molar-refractivity contribution is 5.27. The van der Waals surface area contributed by atoms with E-state index in [9.17, 15) is 0 Å². The molecule has 1 aromatic carbocycles. The van der Waals surface area contributed by atoms with Crippen LogP contribution in [0.2, 0.25) is 0 Å². The lowest BCUT2D eigenvalue weighted by atomic mass is 9.98. The minimum Gasteiger partial charge on any atom is -0.494 e. The Kier molecular flexibility index (Phi) is 6.34. The summed E-state index contributed by atoms with van der Waals surface area (Å²) in [4.78, 5) is 2.52. The van der Waals surface area contributed by atoms with Crippen molar-refractivity contribution < 1.29 is 4.74 Å². The van der Waals surface area contributed by atoms with Crippen LogP contribution < -0.4 is 10.5 Å². The molecule has 0 radical (unpaired) electrons. The first-order valence-corrected chi connectivity index (χ1v) is 7.96. The Morgan fingerprint density at radius 1 is 1.30 bits per heavy atom. The van der Waals surface area contributed by atoms with E-state index in [1.165, 1.54) is 31.4 Å². The van der Waals surface area contributed by atoms with Crippen molar-refractivity contribution in [2.45, 2.75) is 39.2 Å². The molecule has 20 heavy (non-hydrogen) atoms. The van der Waals surface area contributed by atoms with Crippen LogP contribution in [0.15, 0.2) is 24.3 Å². The summed E-state index contributed by atoms with van der Waals surface area (Å²) in [5.41, 5.74) is 7.16. The summed E-state index contributed by atoms with van der Waals surface area (Å²) in [6, 6.07) is 8.56. The molecule has 112 valence electrons. The van der Waals surface area contributed by atoms with Gasteiger partial charge in [-0.3, -0.25) is 4.90 Å². The number of nitrogens with two attached hydrogens (primary N) is 1. The minimum absolute atomic E-state index is 0.681. The molecule has 3 nitrogen and oxygen atoms in total. The van der Waals surface area contributed by atoms with E-state index in [0.717, 1.165) is 38.4 Å². The van der Waals surface area contributed by atoms with Gasteiger partial charge in [0.2, 0.25) is 0 Å². The van der Waals surface area contributed by atoms with Gasteiger partial charge in [0, 0.05) is 13.1 Å². The van der Waals surface area contributed by atoms with E-state index in [4.69, 9.17) is 10.5 Å². The monoisotopic (exact) mass is 276 g/mol. The maximum Gasteiger partial charge on any atom is 0.119 e. The van der Waals surface area contributed by atoms with Crippen LogP contribution >= 0.6 is 0 Å². The molecule has 1 aromatic rings. The molecular formula is C17H28N2O. The number of rotatable bonds is 7. The number of hydrogen-bond acceptors (Lipinski definition) is 3. The first kappa shape index (κ1) is 15.3. The number of ether oxygens (including phenoxy) is 1. The molecule has 3 heteroatoms. The Morgan fingerprint density at radius 2 is 2.10 bits per heavy atom. The smallest absolute Gasteiger partial charge is 0.119 e. The molecule has 0 aliphatic carbocycles. The molecular weight excluding hydrogens is 248 g/mol. The molecule has 0 aromatic heterocycles. The number of likely N-dealkylation sites (tertiary alicyclic amines) is 1. The van der Waals surface area contributed by atoms with E-state index < -0.39 is 0 Å². The summed E-state index contributed by atoms with van der Waals surface area (Å²) in [6.45, 7) is 7.20. The summed E-state index contributed by atoms with van der Waals surface area (Å²) < 4.78 is 5.70. The Bertz CT molecular complexity index is 377. The second-order valence-corrected chi connectivity index (χ2v) is 5.83. The maximum absolute atomic E-state index is 5.79. The van der Waals surface area contributed by atoms with Crippen LogP contribution in [-0.4, -0.2) is 31.1 Å². The van der Waals surface area contributed by atoms with Crippen molar-refractivity contribution in [3.8, 4) is 5.75 Å².